The molecule has 6 heteroatoms. The summed E-state index contributed by atoms with van der Waals surface area (Å²) in [4.78, 5) is 4.75. The van der Waals surface area contributed by atoms with E-state index >= 15 is 0 Å². The Kier molecular flexibility index (Phi) is 10.1. The average molecular weight is 878 g/mol. The third-order valence-electron chi connectivity index (χ3n) is 11.6. The van der Waals surface area contributed by atoms with Gasteiger partial charge in [-0.3, -0.25) is 4.68 Å². The van der Waals surface area contributed by atoms with Crippen molar-refractivity contribution >= 4 is 21.8 Å². The van der Waals surface area contributed by atoms with Crippen molar-refractivity contribution in [2.24, 2.45) is 0 Å². The number of fused-ring (bicyclic) bond motifs is 3. The molecule has 0 N–H and O–H groups in total. The van der Waals surface area contributed by atoms with Crippen molar-refractivity contribution in [2.45, 2.75) is 96.8 Å². The van der Waals surface area contributed by atoms with Crippen LogP contribution >= 0.6 is 0 Å². The van der Waals surface area contributed by atoms with Crippen LogP contribution in [-0.4, -0.2) is 19.3 Å². The minimum atomic E-state index is 0. The van der Waals surface area contributed by atoms with Gasteiger partial charge in [-0.2, -0.15) is 17.2 Å². The molecule has 0 amide bonds. The first-order valence-electron chi connectivity index (χ1n) is 19.3. The maximum absolute atomic E-state index is 6.63. The zero-order valence-electron chi connectivity index (χ0n) is 30.9. The number of hydrogen-bond donors (Lipinski definition) is 0. The summed E-state index contributed by atoms with van der Waals surface area (Å²) in [6, 6.07) is 37.1. The van der Waals surface area contributed by atoms with Crippen molar-refractivity contribution in [3.63, 3.8) is 0 Å². The first-order valence-corrected chi connectivity index (χ1v) is 19.3. The fourth-order valence-corrected chi connectivity index (χ4v) is 9.06. The smallest absolute Gasteiger partial charge is 0.509 e. The van der Waals surface area contributed by atoms with Crippen molar-refractivity contribution in [1.29, 1.82) is 0 Å². The third-order valence-corrected chi connectivity index (χ3v) is 11.6. The number of ether oxygens (including phenoxy) is 1. The number of rotatable bonds is 7. The van der Waals surface area contributed by atoms with Gasteiger partial charge in [0.25, 0.3) is 0 Å². The van der Waals surface area contributed by atoms with Gasteiger partial charge < -0.3 is 9.30 Å². The first kappa shape index (κ1) is 35.6. The van der Waals surface area contributed by atoms with Crippen molar-refractivity contribution in [3.8, 4) is 34.1 Å². The molecule has 3 aromatic heterocycles. The van der Waals surface area contributed by atoms with Crippen LogP contribution in [-0.2, 0) is 21.1 Å². The standard InChI is InChI=1S/C47H46N4O.Pt/c1-31-26-27-48-43(28-31)50-41-23-11-10-22-39(41)40-25-24-38(30-42(40)50)52-37-21-13-20-36(29-37)51-47(35-18-8-5-9-19-35)45(44-32(2)14-12-15-33(44)3)46(49-51)34-16-6-4-7-17-34;/h10-15,20-28,34-35H,4-9,16-19H2,1-3H3;/q-2;+2. The van der Waals surface area contributed by atoms with Gasteiger partial charge in [-0.25, -0.2) is 4.98 Å². The summed E-state index contributed by atoms with van der Waals surface area (Å²) in [7, 11) is 0. The molecule has 0 saturated heterocycles. The van der Waals surface area contributed by atoms with E-state index in [1.807, 2.05) is 24.4 Å². The Morgan fingerprint density at radius 3 is 2.11 bits per heavy atom. The van der Waals surface area contributed by atoms with Gasteiger partial charge in [-0.05, 0) is 98.0 Å². The van der Waals surface area contributed by atoms with E-state index in [1.54, 1.807) is 0 Å². The molecule has 2 aliphatic rings. The summed E-state index contributed by atoms with van der Waals surface area (Å²) >= 11 is 0. The summed E-state index contributed by atoms with van der Waals surface area (Å²) in [6.45, 7) is 6.65. The van der Waals surface area contributed by atoms with Crippen LogP contribution in [0.4, 0.5) is 0 Å². The predicted molar refractivity (Wildman–Crippen MR) is 211 cm³/mol. The number of aromatic nitrogens is 4. The van der Waals surface area contributed by atoms with Crippen LogP contribution in [0.15, 0.2) is 91.1 Å². The molecule has 9 rings (SSSR count). The van der Waals surface area contributed by atoms with E-state index in [1.165, 1.54) is 103 Å². The Balaban J connectivity index is 0.00000400. The molecular formula is C47H46N4OPt. The summed E-state index contributed by atoms with van der Waals surface area (Å²) in [5, 5.41) is 7.90. The molecule has 0 spiro atoms. The molecule has 7 aromatic rings. The van der Waals surface area contributed by atoms with E-state index in [0.717, 1.165) is 33.5 Å². The summed E-state index contributed by atoms with van der Waals surface area (Å²) in [5.41, 5.74) is 12.2. The maximum atomic E-state index is 6.63. The SMILES string of the molecule is Cc1ccnc(-n2c3[c-]c(Oc4[c-]c(-n5nc(C6CCCCC6)c(-c6c(C)cccc6C)c5C5CCCCC5)ccc4)ccc3c3ccccc32)c1.[Pt+2]. The fourth-order valence-electron chi connectivity index (χ4n) is 9.06. The Hall–Kier alpha value is -4.47. The van der Waals surface area contributed by atoms with Crippen molar-refractivity contribution in [3.05, 3.63) is 131 Å². The third kappa shape index (κ3) is 6.67. The van der Waals surface area contributed by atoms with E-state index in [2.05, 4.69) is 109 Å². The molecule has 2 saturated carbocycles. The summed E-state index contributed by atoms with van der Waals surface area (Å²) in [5.74, 6) is 3.10. The largest absolute Gasteiger partial charge is 2.00 e. The van der Waals surface area contributed by atoms with Gasteiger partial charge in [0, 0.05) is 40.6 Å². The number of benzene rings is 4. The molecule has 270 valence electrons. The van der Waals surface area contributed by atoms with Gasteiger partial charge in [0.1, 0.15) is 5.82 Å². The van der Waals surface area contributed by atoms with Crippen LogP contribution < -0.4 is 4.74 Å². The van der Waals surface area contributed by atoms with Crippen LogP contribution in [0, 0.1) is 32.9 Å². The quantitative estimate of drug-likeness (QED) is 0.150. The second-order valence-electron chi connectivity index (χ2n) is 15.1. The molecule has 0 bridgehead atoms. The number of nitrogens with zero attached hydrogens (tertiary/aromatic N) is 4. The van der Waals surface area contributed by atoms with E-state index in [9.17, 15) is 0 Å². The van der Waals surface area contributed by atoms with E-state index in [-0.39, 0.29) is 21.1 Å². The number of aryl methyl sites for hydroxylation is 3. The Labute approximate surface area is 327 Å². The van der Waals surface area contributed by atoms with E-state index in [0.29, 0.717) is 23.3 Å². The minimum absolute atomic E-state index is 0. The average Bonchev–Trinajstić information content (AvgIpc) is 3.72. The second-order valence-corrected chi connectivity index (χ2v) is 15.1. The van der Waals surface area contributed by atoms with Gasteiger partial charge in [-0.1, -0.05) is 80.4 Å². The molecule has 0 unspecified atom stereocenters. The second kappa shape index (κ2) is 15.1. The van der Waals surface area contributed by atoms with Gasteiger partial charge in [-0.15, -0.1) is 35.7 Å². The maximum Gasteiger partial charge on any atom is 2.00 e. The molecule has 0 aliphatic heterocycles. The van der Waals surface area contributed by atoms with Crippen LogP contribution in [0.3, 0.4) is 0 Å². The van der Waals surface area contributed by atoms with Crippen molar-refractivity contribution in [2.75, 3.05) is 0 Å². The Morgan fingerprint density at radius 1 is 0.660 bits per heavy atom. The normalized spacial score (nSPS) is 15.5. The summed E-state index contributed by atoms with van der Waals surface area (Å²) < 4.78 is 11.1. The van der Waals surface area contributed by atoms with Crippen LogP contribution in [0.5, 0.6) is 11.5 Å². The zero-order chi connectivity index (χ0) is 35.2. The molecule has 4 aromatic carbocycles. The topological polar surface area (TPSA) is 44.9 Å². The zero-order valence-corrected chi connectivity index (χ0v) is 33.2. The molecule has 2 fully saturated rings. The minimum Gasteiger partial charge on any atom is -0.509 e. The van der Waals surface area contributed by atoms with Crippen LogP contribution in [0.1, 0.15) is 104 Å². The van der Waals surface area contributed by atoms with Crippen LogP contribution in [0.2, 0.25) is 0 Å². The van der Waals surface area contributed by atoms with Crippen molar-refractivity contribution < 1.29 is 25.8 Å². The molecule has 0 atom stereocenters. The molecule has 2 aliphatic carbocycles. The van der Waals surface area contributed by atoms with E-state index < -0.39 is 0 Å². The molecule has 3 heterocycles. The number of pyridine rings is 1. The Morgan fingerprint density at radius 2 is 1.36 bits per heavy atom. The van der Waals surface area contributed by atoms with E-state index in [4.69, 9.17) is 14.8 Å². The first-order chi connectivity index (χ1) is 25.5. The molecule has 53 heavy (non-hydrogen) atoms. The molecule has 5 nitrogen and oxygen atoms in total. The van der Waals surface area contributed by atoms with Crippen molar-refractivity contribution in [1.82, 2.24) is 19.3 Å². The number of para-hydroxylation sites is 1. The van der Waals surface area contributed by atoms with Gasteiger partial charge in [0.2, 0.25) is 0 Å². The predicted octanol–water partition coefficient (Wildman–Crippen LogP) is 12.4. The van der Waals surface area contributed by atoms with Crippen LogP contribution in [0.25, 0.3) is 44.4 Å². The van der Waals surface area contributed by atoms with Gasteiger partial charge in [0.15, 0.2) is 0 Å². The molecule has 0 radical (unpaired) electrons. The number of hydrogen-bond acceptors (Lipinski definition) is 3. The van der Waals surface area contributed by atoms with Gasteiger partial charge >= 0.3 is 21.1 Å². The van der Waals surface area contributed by atoms with Gasteiger partial charge in [0.05, 0.1) is 11.4 Å². The monoisotopic (exact) mass is 877 g/mol. The molecular weight excluding hydrogens is 832 g/mol. The summed E-state index contributed by atoms with van der Waals surface area (Å²) in [6.07, 6.45) is 14.4. The Bertz CT molecular complexity index is 2390. The fraction of sp³-hybridized carbons (Fsp3) is 0.319.